The lowest BCUT2D eigenvalue weighted by Gasteiger charge is -2.21. The first-order valence-corrected chi connectivity index (χ1v) is 14.0. The number of imidazole rings is 1. The molecule has 1 aliphatic rings. The van der Waals surface area contributed by atoms with Crippen LogP contribution in [0.25, 0.3) is 21.3 Å². The molecule has 0 aliphatic carbocycles. The maximum Gasteiger partial charge on any atom is 0.407 e. The second-order valence-corrected chi connectivity index (χ2v) is 12.1. The van der Waals surface area contributed by atoms with Gasteiger partial charge in [-0.25, -0.2) is 14.8 Å². The van der Waals surface area contributed by atoms with Gasteiger partial charge in [-0.15, -0.1) is 0 Å². The highest BCUT2D eigenvalue weighted by atomic mass is 35.5. The van der Waals surface area contributed by atoms with Gasteiger partial charge in [0.05, 0.1) is 21.3 Å². The zero-order chi connectivity index (χ0) is 27.7. The average Bonchev–Trinajstić information content (AvgIpc) is 3.55. The van der Waals surface area contributed by atoms with Gasteiger partial charge in [-0.3, -0.25) is 9.69 Å². The molecule has 2 aromatic carbocycles. The van der Waals surface area contributed by atoms with Gasteiger partial charge in [-0.2, -0.15) is 0 Å². The number of thiazole rings is 1. The second-order valence-electron chi connectivity index (χ2n) is 10.6. The predicted molar refractivity (Wildman–Crippen MR) is 155 cm³/mol. The number of likely N-dealkylation sites (tertiary alicyclic amines) is 1. The van der Waals surface area contributed by atoms with Gasteiger partial charge in [0.15, 0.2) is 5.13 Å². The first-order chi connectivity index (χ1) is 18.5. The number of benzene rings is 2. The van der Waals surface area contributed by atoms with E-state index in [1.807, 2.05) is 68.8 Å². The molecule has 10 nitrogen and oxygen atoms in total. The van der Waals surface area contributed by atoms with Crippen molar-refractivity contribution in [3.8, 4) is 0 Å². The van der Waals surface area contributed by atoms with Crippen molar-refractivity contribution in [1.82, 2.24) is 30.1 Å². The summed E-state index contributed by atoms with van der Waals surface area (Å²) in [6, 6.07) is 11.2. The van der Waals surface area contributed by atoms with Gasteiger partial charge >= 0.3 is 6.09 Å². The van der Waals surface area contributed by atoms with E-state index in [4.69, 9.17) is 21.3 Å². The van der Waals surface area contributed by atoms with Gasteiger partial charge in [-0.1, -0.05) is 22.9 Å². The molecule has 0 radical (unpaired) electrons. The maximum atomic E-state index is 13.0. The van der Waals surface area contributed by atoms with E-state index in [1.165, 1.54) is 11.3 Å². The van der Waals surface area contributed by atoms with Crippen molar-refractivity contribution in [2.75, 3.05) is 31.5 Å². The highest BCUT2D eigenvalue weighted by Gasteiger charge is 2.25. The number of amides is 2. The molecular formula is C27H32ClN7O3S. The fraction of sp³-hybridized carbons (Fsp3) is 0.407. The van der Waals surface area contributed by atoms with E-state index in [-0.39, 0.29) is 11.9 Å². The number of ether oxygens (including phenoxy) is 1. The number of carbonyl (C=O) groups is 2. The molecule has 3 heterocycles. The van der Waals surface area contributed by atoms with Gasteiger partial charge < -0.3 is 25.3 Å². The molecule has 1 unspecified atom stereocenters. The minimum atomic E-state index is -0.519. The Bertz CT molecular complexity index is 1530. The van der Waals surface area contributed by atoms with E-state index in [0.717, 1.165) is 45.9 Å². The molecule has 39 heavy (non-hydrogen) atoms. The van der Waals surface area contributed by atoms with E-state index in [9.17, 15) is 9.59 Å². The second kappa shape index (κ2) is 11.0. The molecule has 1 saturated heterocycles. The van der Waals surface area contributed by atoms with Crippen molar-refractivity contribution in [2.45, 2.75) is 38.8 Å². The minimum absolute atomic E-state index is 0.0447. The summed E-state index contributed by atoms with van der Waals surface area (Å²) in [5, 5.41) is 10.6. The average molecular weight is 570 g/mol. The zero-order valence-electron chi connectivity index (χ0n) is 22.4. The number of rotatable bonds is 7. The number of halogens is 1. The van der Waals surface area contributed by atoms with Crippen molar-refractivity contribution in [3.05, 3.63) is 47.0 Å². The first-order valence-electron chi connectivity index (χ1n) is 12.8. The van der Waals surface area contributed by atoms with Crippen LogP contribution in [0, 0.1) is 0 Å². The van der Waals surface area contributed by atoms with Gasteiger partial charge in [0.1, 0.15) is 5.60 Å². The van der Waals surface area contributed by atoms with Crippen LogP contribution in [-0.2, 0) is 11.8 Å². The summed E-state index contributed by atoms with van der Waals surface area (Å²) in [6.07, 6.45) is 0.436. The van der Waals surface area contributed by atoms with Crippen LogP contribution in [0.15, 0.2) is 36.4 Å². The van der Waals surface area contributed by atoms with Crippen LogP contribution in [0.1, 0.15) is 37.6 Å². The summed E-state index contributed by atoms with van der Waals surface area (Å²) in [5.74, 6) is 0.512. The molecule has 12 heteroatoms. The quantitative estimate of drug-likeness (QED) is 0.290. The summed E-state index contributed by atoms with van der Waals surface area (Å²) in [7, 11) is 1.92. The molecule has 1 atom stereocenters. The van der Waals surface area contributed by atoms with Crippen molar-refractivity contribution in [3.63, 3.8) is 0 Å². The molecule has 1 aliphatic heterocycles. The summed E-state index contributed by atoms with van der Waals surface area (Å²) in [5.41, 5.74) is 2.54. The van der Waals surface area contributed by atoms with Gasteiger partial charge in [-0.05, 0) is 63.6 Å². The van der Waals surface area contributed by atoms with Crippen LogP contribution in [0.4, 0.5) is 15.9 Å². The lowest BCUT2D eigenvalue weighted by Crippen LogP contribution is -2.40. The monoisotopic (exact) mass is 569 g/mol. The van der Waals surface area contributed by atoms with E-state index < -0.39 is 11.7 Å². The molecule has 0 saturated carbocycles. The number of carbonyl (C=O) groups excluding carboxylic acids is 2. The van der Waals surface area contributed by atoms with Crippen LogP contribution in [-0.4, -0.2) is 69.3 Å². The number of nitrogens with zero attached hydrogens (tertiary/aromatic N) is 4. The van der Waals surface area contributed by atoms with E-state index in [1.54, 1.807) is 0 Å². The molecule has 0 spiro atoms. The van der Waals surface area contributed by atoms with Crippen molar-refractivity contribution in [2.24, 2.45) is 7.05 Å². The number of nitrogens with one attached hydrogen (secondary N) is 3. The van der Waals surface area contributed by atoms with Gasteiger partial charge in [0, 0.05) is 49.9 Å². The number of anilines is 2. The molecule has 2 aromatic heterocycles. The number of aryl methyl sites for hydroxylation is 1. The Morgan fingerprint density at radius 2 is 1.97 bits per heavy atom. The third-order valence-corrected chi connectivity index (χ3v) is 7.58. The third-order valence-electron chi connectivity index (χ3n) is 6.42. The standard InChI is InChI=1S/C27H32ClN7O3S/c1-27(2,3)38-26(37)29-10-12-35-11-9-18(15-35)30-23(36)16-5-8-21-20(13-16)31-24(34(21)4)33-25-32-19-7-6-17(28)14-22(19)39-25/h5-8,13-14,18H,9-12,15H2,1-4H3,(H,29,37)(H,30,36)(H,31,32,33). The van der Waals surface area contributed by atoms with Crippen LogP contribution >= 0.6 is 22.9 Å². The van der Waals surface area contributed by atoms with Crippen molar-refractivity contribution >= 4 is 67.3 Å². The smallest absolute Gasteiger partial charge is 0.407 e. The lowest BCUT2D eigenvalue weighted by atomic mass is 10.1. The summed E-state index contributed by atoms with van der Waals surface area (Å²) in [4.78, 5) is 36.4. The van der Waals surface area contributed by atoms with Crippen LogP contribution < -0.4 is 16.0 Å². The molecule has 1 fully saturated rings. The van der Waals surface area contributed by atoms with Crippen LogP contribution in [0.2, 0.25) is 5.02 Å². The van der Waals surface area contributed by atoms with Gasteiger partial charge in [0.2, 0.25) is 5.95 Å². The summed E-state index contributed by atoms with van der Waals surface area (Å²) >= 11 is 7.61. The Labute approximate surface area is 235 Å². The van der Waals surface area contributed by atoms with E-state index in [0.29, 0.717) is 29.6 Å². The largest absolute Gasteiger partial charge is 0.444 e. The Kier molecular flexibility index (Phi) is 7.66. The van der Waals surface area contributed by atoms with Crippen molar-refractivity contribution < 1.29 is 14.3 Å². The van der Waals surface area contributed by atoms with E-state index >= 15 is 0 Å². The minimum Gasteiger partial charge on any atom is -0.444 e. The number of hydrogen-bond acceptors (Lipinski definition) is 8. The fourth-order valence-corrected chi connectivity index (χ4v) is 5.69. The topological polar surface area (TPSA) is 113 Å². The lowest BCUT2D eigenvalue weighted by molar-refractivity contribution is 0.0523. The highest BCUT2D eigenvalue weighted by molar-refractivity contribution is 7.22. The predicted octanol–water partition coefficient (Wildman–Crippen LogP) is 4.91. The summed E-state index contributed by atoms with van der Waals surface area (Å²) < 4.78 is 8.20. The normalized spacial score (nSPS) is 16.1. The number of aromatic nitrogens is 3. The van der Waals surface area contributed by atoms with E-state index in [2.05, 4.69) is 25.8 Å². The molecule has 4 aromatic rings. The zero-order valence-corrected chi connectivity index (χ0v) is 23.9. The molecule has 0 bridgehead atoms. The molecule has 5 rings (SSSR count). The van der Waals surface area contributed by atoms with Crippen LogP contribution in [0.3, 0.4) is 0 Å². The Balaban J connectivity index is 1.17. The van der Waals surface area contributed by atoms with Crippen molar-refractivity contribution in [1.29, 1.82) is 0 Å². The number of fused-ring (bicyclic) bond motifs is 2. The summed E-state index contributed by atoms with van der Waals surface area (Å²) in [6.45, 7) is 8.28. The molecule has 206 valence electrons. The molecule has 3 N–H and O–H groups in total. The highest BCUT2D eigenvalue weighted by Crippen LogP contribution is 2.31. The third kappa shape index (κ3) is 6.60. The van der Waals surface area contributed by atoms with Gasteiger partial charge in [0.25, 0.3) is 5.91 Å². The Morgan fingerprint density at radius 3 is 2.77 bits per heavy atom. The first kappa shape index (κ1) is 27.2. The SMILES string of the molecule is Cn1c(Nc2nc3ccc(Cl)cc3s2)nc2cc(C(=O)NC3CCN(CCNC(=O)OC(C)(C)C)C3)ccc21. The van der Waals surface area contributed by atoms with Crippen LogP contribution in [0.5, 0.6) is 0 Å². The maximum absolute atomic E-state index is 13.0. The fourth-order valence-electron chi connectivity index (χ4n) is 4.55. The molecule has 2 amide bonds. The Hall–Kier alpha value is -3.41. The molecular weight excluding hydrogens is 538 g/mol. The number of hydrogen-bond donors (Lipinski definition) is 3. The Morgan fingerprint density at radius 1 is 1.15 bits per heavy atom. The number of alkyl carbamates (subject to hydrolysis) is 1.